The van der Waals surface area contributed by atoms with Crippen LogP contribution in [0.1, 0.15) is 17.0 Å². The zero-order valence-corrected chi connectivity index (χ0v) is 16.5. The van der Waals surface area contributed by atoms with Gasteiger partial charge in [-0.3, -0.25) is 4.79 Å². The number of hydrogen-bond donors (Lipinski definition) is 1. The Hall–Kier alpha value is -2.67. The molecule has 2 rings (SSSR count). The first-order chi connectivity index (χ1) is 12.7. The molecule has 2 aromatic rings. The second-order valence-corrected chi connectivity index (χ2v) is 8.23. The van der Waals surface area contributed by atoms with Gasteiger partial charge in [-0.1, -0.05) is 11.6 Å². The molecule has 0 saturated heterocycles. The van der Waals surface area contributed by atoms with Crippen LogP contribution in [0, 0.1) is 18.3 Å². The molecule has 1 aromatic heterocycles. The number of aromatic nitrogens is 1. The van der Waals surface area contributed by atoms with E-state index >= 15 is 0 Å². The van der Waals surface area contributed by atoms with Crippen LogP contribution in [0.15, 0.2) is 40.3 Å². The molecule has 8 nitrogen and oxygen atoms in total. The molecule has 0 atom stereocenters. The third-order valence-corrected chi connectivity index (χ3v) is 6.04. The Morgan fingerprint density at radius 1 is 1.41 bits per heavy atom. The van der Waals surface area contributed by atoms with Gasteiger partial charge in [-0.15, -0.1) is 0 Å². The predicted octanol–water partition coefficient (Wildman–Crippen LogP) is 1.63. The lowest BCUT2D eigenvalue weighted by Crippen LogP contribution is -2.36. The van der Waals surface area contributed by atoms with Gasteiger partial charge in [-0.2, -0.15) is 14.7 Å². The summed E-state index contributed by atoms with van der Waals surface area (Å²) < 4.78 is 27.5. The van der Waals surface area contributed by atoms with Gasteiger partial charge < -0.3 is 4.57 Å². The lowest BCUT2D eigenvalue weighted by molar-refractivity contribution is -0.121. The van der Waals surface area contributed by atoms with Gasteiger partial charge >= 0.3 is 0 Å². The molecular weight excluding hydrogens is 390 g/mol. The van der Waals surface area contributed by atoms with Gasteiger partial charge in [0.2, 0.25) is 10.0 Å². The number of benzene rings is 1. The maximum Gasteiger partial charge on any atom is 0.255 e. The Labute approximate surface area is 162 Å². The molecule has 0 unspecified atom stereocenters. The monoisotopic (exact) mass is 407 g/mol. The second-order valence-electron chi connectivity index (χ2n) is 5.75. The van der Waals surface area contributed by atoms with Gasteiger partial charge in [-0.05, 0) is 37.3 Å². The summed E-state index contributed by atoms with van der Waals surface area (Å²) >= 11 is 5.76. The second kappa shape index (κ2) is 8.35. The molecule has 27 heavy (non-hydrogen) atoms. The van der Waals surface area contributed by atoms with Crippen LogP contribution in [0.25, 0.3) is 0 Å². The number of hydrogen-bond acceptors (Lipinski definition) is 5. The number of nitriles is 1. The normalized spacial score (nSPS) is 11.7. The highest BCUT2D eigenvalue weighted by Crippen LogP contribution is 2.17. The maximum absolute atomic E-state index is 12.4. The Kier molecular flexibility index (Phi) is 6.38. The molecule has 0 saturated carbocycles. The molecule has 0 spiro atoms. The van der Waals surface area contributed by atoms with E-state index in [1.165, 1.54) is 37.5 Å². The van der Waals surface area contributed by atoms with E-state index in [1.54, 1.807) is 17.7 Å². The Balaban J connectivity index is 2.01. The van der Waals surface area contributed by atoms with Crippen molar-refractivity contribution >= 4 is 33.7 Å². The van der Waals surface area contributed by atoms with Crippen molar-refractivity contribution in [3.63, 3.8) is 0 Å². The fourth-order valence-electron chi connectivity index (χ4n) is 2.24. The van der Waals surface area contributed by atoms with E-state index in [0.29, 0.717) is 16.3 Å². The average molecular weight is 408 g/mol. The highest BCUT2D eigenvalue weighted by atomic mass is 35.5. The van der Waals surface area contributed by atoms with Crippen molar-refractivity contribution in [1.82, 2.24) is 14.3 Å². The van der Waals surface area contributed by atoms with Crippen LogP contribution < -0.4 is 5.43 Å². The number of likely N-dealkylation sites (N-methyl/N-ethyl adjacent to an activating group) is 1. The van der Waals surface area contributed by atoms with Gasteiger partial charge in [0.05, 0.1) is 17.7 Å². The summed E-state index contributed by atoms with van der Waals surface area (Å²) in [5, 5.41) is 13.2. The quantitative estimate of drug-likeness (QED) is 0.579. The zero-order chi connectivity index (χ0) is 20.2. The van der Waals surface area contributed by atoms with Crippen molar-refractivity contribution in [2.24, 2.45) is 12.1 Å². The van der Waals surface area contributed by atoms with Crippen molar-refractivity contribution in [2.75, 3.05) is 13.6 Å². The summed E-state index contributed by atoms with van der Waals surface area (Å²) in [6, 6.07) is 9.36. The van der Waals surface area contributed by atoms with E-state index in [0.717, 1.165) is 10.00 Å². The fourth-order valence-corrected chi connectivity index (χ4v) is 3.50. The lowest BCUT2D eigenvalue weighted by Gasteiger charge is -2.16. The van der Waals surface area contributed by atoms with E-state index in [2.05, 4.69) is 10.5 Å². The van der Waals surface area contributed by atoms with Gasteiger partial charge in [0, 0.05) is 30.4 Å². The molecular formula is C17H18ClN5O3S. The number of hydrazone groups is 1. The van der Waals surface area contributed by atoms with Crippen LogP contribution in [0.3, 0.4) is 0 Å². The first-order valence-corrected chi connectivity index (χ1v) is 9.59. The number of rotatable bonds is 6. The van der Waals surface area contributed by atoms with E-state index < -0.39 is 22.5 Å². The fraction of sp³-hybridized carbons (Fsp3) is 0.235. The summed E-state index contributed by atoms with van der Waals surface area (Å²) in [6.07, 6.45) is 1.40. The Morgan fingerprint density at radius 2 is 2.04 bits per heavy atom. The number of nitrogens with one attached hydrogen (secondary N) is 1. The molecule has 1 N–H and O–H groups in total. The highest BCUT2D eigenvalue weighted by molar-refractivity contribution is 7.89. The number of carbonyl (C=O) groups excluding carboxylic acids is 1. The summed E-state index contributed by atoms with van der Waals surface area (Å²) in [6.45, 7) is 1.41. The molecule has 0 aliphatic carbocycles. The Morgan fingerprint density at radius 3 is 2.59 bits per heavy atom. The summed E-state index contributed by atoms with van der Waals surface area (Å²) in [5.41, 5.74) is 4.24. The molecule has 0 aliphatic heterocycles. The van der Waals surface area contributed by atoms with E-state index in [1.807, 2.05) is 13.0 Å². The molecule has 1 heterocycles. The van der Waals surface area contributed by atoms with Crippen molar-refractivity contribution < 1.29 is 13.2 Å². The van der Waals surface area contributed by atoms with Crippen LogP contribution in [0.2, 0.25) is 5.02 Å². The minimum absolute atomic E-state index is 0.0367. The smallest absolute Gasteiger partial charge is 0.255 e. The van der Waals surface area contributed by atoms with E-state index in [4.69, 9.17) is 16.9 Å². The van der Waals surface area contributed by atoms with Crippen LogP contribution in [0.5, 0.6) is 0 Å². The third-order valence-electron chi connectivity index (χ3n) is 3.97. The topological polar surface area (TPSA) is 108 Å². The van der Waals surface area contributed by atoms with E-state index in [-0.39, 0.29) is 4.90 Å². The first kappa shape index (κ1) is 20.6. The number of nitrogens with zero attached hydrogens (tertiary/aromatic N) is 4. The van der Waals surface area contributed by atoms with Crippen molar-refractivity contribution in [2.45, 2.75) is 11.8 Å². The largest absolute Gasteiger partial charge is 0.339 e. The minimum Gasteiger partial charge on any atom is -0.339 e. The van der Waals surface area contributed by atoms with Gasteiger partial charge in [0.15, 0.2) is 0 Å². The van der Waals surface area contributed by atoms with Gasteiger partial charge in [0.1, 0.15) is 11.8 Å². The van der Waals surface area contributed by atoms with Crippen molar-refractivity contribution in [3.05, 3.63) is 52.3 Å². The molecule has 1 amide bonds. The lowest BCUT2D eigenvalue weighted by atomic mass is 10.3. The molecule has 0 bridgehead atoms. The standard InChI is InChI=1S/C17H18ClN5O3S/c1-12-13(8-15(9-19)23(12)3)10-20-21-17(24)11-22(2)27(25,26)16-6-4-14(18)5-7-16/h4-8,10H,11H2,1-3H3,(H,21,24)/b20-10-. The maximum atomic E-state index is 12.4. The van der Waals surface area contributed by atoms with Crippen LogP contribution in [0.4, 0.5) is 0 Å². The average Bonchev–Trinajstić information content (AvgIpc) is 2.90. The number of halogens is 1. The highest BCUT2D eigenvalue weighted by Gasteiger charge is 2.22. The van der Waals surface area contributed by atoms with Gasteiger partial charge in [-0.25, -0.2) is 13.8 Å². The molecule has 0 aliphatic rings. The SMILES string of the molecule is Cc1c(/C=N\NC(=O)CN(C)S(=O)(=O)c2ccc(Cl)cc2)cc(C#N)n1C. The molecule has 0 radical (unpaired) electrons. The number of amides is 1. The Bertz CT molecular complexity index is 1020. The molecule has 10 heteroatoms. The molecule has 142 valence electrons. The van der Waals surface area contributed by atoms with Crippen LogP contribution in [-0.2, 0) is 21.9 Å². The third kappa shape index (κ3) is 4.74. The van der Waals surface area contributed by atoms with Crippen molar-refractivity contribution in [1.29, 1.82) is 5.26 Å². The minimum atomic E-state index is -3.82. The molecule has 0 fully saturated rings. The summed E-state index contributed by atoms with van der Waals surface area (Å²) in [5.74, 6) is -0.597. The summed E-state index contributed by atoms with van der Waals surface area (Å²) in [4.78, 5) is 12.0. The number of carbonyl (C=O) groups is 1. The molecule has 1 aromatic carbocycles. The van der Waals surface area contributed by atoms with Crippen LogP contribution >= 0.6 is 11.6 Å². The van der Waals surface area contributed by atoms with Crippen molar-refractivity contribution in [3.8, 4) is 6.07 Å². The summed E-state index contributed by atoms with van der Waals surface area (Å²) in [7, 11) is -0.768. The van der Waals surface area contributed by atoms with Gasteiger partial charge in [0.25, 0.3) is 5.91 Å². The predicted molar refractivity (Wildman–Crippen MR) is 102 cm³/mol. The first-order valence-electron chi connectivity index (χ1n) is 7.77. The van der Waals surface area contributed by atoms with E-state index in [9.17, 15) is 13.2 Å². The van der Waals surface area contributed by atoms with Crippen LogP contribution in [-0.4, -0.2) is 43.0 Å². The zero-order valence-electron chi connectivity index (χ0n) is 15.0. The number of sulfonamides is 1.